The van der Waals surface area contributed by atoms with Crippen LogP contribution in [-0.4, -0.2) is 21.1 Å². The zero-order chi connectivity index (χ0) is 13.6. The van der Waals surface area contributed by atoms with Crippen molar-refractivity contribution in [2.24, 2.45) is 0 Å². The van der Waals surface area contributed by atoms with E-state index in [0.29, 0.717) is 12.4 Å². The van der Waals surface area contributed by atoms with Gasteiger partial charge in [0.05, 0.1) is 6.07 Å². The van der Waals surface area contributed by atoms with Crippen LogP contribution in [-0.2, 0) is 6.54 Å². The van der Waals surface area contributed by atoms with Crippen molar-refractivity contribution >= 4 is 0 Å². The highest BCUT2D eigenvalue weighted by Crippen LogP contribution is 2.13. The summed E-state index contributed by atoms with van der Waals surface area (Å²) in [5, 5.41) is 21.3. The van der Waals surface area contributed by atoms with E-state index in [4.69, 9.17) is 5.26 Å². The van der Waals surface area contributed by atoms with Gasteiger partial charge in [0.2, 0.25) is 5.82 Å². The van der Waals surface area contributed by atoms with E-state index in [0.717, 1.165) is 12.8 Å². The normalized spacial score (nSPS) is 13.9. The predicted octanol–water partition coefficient (Wildman–Crippen LogP) is 1.82. The summed E-state index contributed by atoms with van der Waals surface area (Å²) >= 11 is 0. The average Bonchev–Trinajstić information content (AvgIpc) is 2.75. The van der Waals surface area contributed by atoms with Gasteiger partial charge in [0.25, 0.3) is 0 Å². The summed E-state index contributed by atoms with van der Waals surface area (Å²) in [5.41, 5.74) is -0.512. The molecule has 0 saturated carbocycles. The molecule has 0 bridgehead atoms. The third kappa shape index (κ3) is 3.87. The highest BCUT2D eigenvalue weighted by molar-refractivity contribution is 5.11. The Bertz CT molecular complexity index is 462. The van der Waals surface area contributed by atoms with Crippen molar-refractivity contribution in [3.05, 3.63) is 18.2 Å². The van der Waals surface area contributed by atoms with E-state index >= 15 is 0 Å². The van der Waals surface area contributed by atoms with Gasteiger partial charge in [-0.2, -0.15) is 10.5 Å². The summed E-state index contributed by atoms with van der Waals surface area (Å²) < 4.78 is 1.81. The Balaban J connectivity index is 2.51. The van der Waals surface area contributed by atoms with Crippen LogP contribution < -0.4 is 5.32 Å². The maximum atomic E-state index is 9.21. The number of nitrogens with one attached hydrogen (secondary N) is 1. The number of nitrogens with zero attached hydrogens (tertiary/aromatic N) is 4. The van der Waals surface area contributed by atoms with E-state index in [1.165, 1.54) is 0 Å². The van der Waals surface area contributed by atoms with Crippen LogP contribution in [0.1, 0.15) is 39.4 Å². The fraction of sp³-hybridized carbons (Fsp3) is 0.615. The predicted molar refractivity (Wildman–Crippen MR) is 68.5 cm³/mol. The summed E-state index contributed by atoms with van der Waals surface area (Å²) in [6.07, 6.45) is 4.98. The minimum Gasteiger partial charge on any atom is -0.323 e. The van der Waals surface area contributed by atoms with Crippen molar-refractivity contribution in [1.82, 2.24) is 14.9 Å². The summed E-state index contributed by atoms with van der Waals surface area (Å²) in [5.74, 6) is 0.422. The first-order valence-corrected chi connectivity index (χ1v) is 6.11. The van der Waals surface area contributed by atoms with Crippen molar-refractivity contribution in [2.75, 3.05) is 0 Å². The summed E-state index contributed by atoms with van der Waals surface area (Å²) in [6.45, 7) is 6.67. The fourth-order valence-electron chi connectivity index (χ4n) is 2.00. The van der Waals surface area contributed by atoms with Crippen molar-refractivity contribution in [3.8, 4) is 12.1 Å². The molecule has 96 valence electrons. The lowest BCUT2D eigenvalue weighted by atomic mass is 9.96. The molecule has 1 aromatic heterocycles. The van der Waals surface area contributed by atoms with Crippen LogP contribution in [0, 0.1) is 22.7 Å². The van der Waals surface area contributed by atoms with Gasteiger partial charge < -0.3 is 4.57 Å². The third-order valence-electron chi connectivity index (χ3n) is 2.75. The molecule has 5 heteroatoms. The largest absolute Gasteiger partial charge is 0.323 e. The summed E-state index contributed by atoms with van der Waals surface area (Å²) in [7, 11) is 0. The Morgan fingerprint density at radius 2 is 2.22 bits per heavy atom. The number of aromatic nitrogens is 2. The Kier molecular flexibility index (Phi) is 4.88. The van der Waals surface area contributed by atoms with Crippen LogP contribution in [0.3, 0.4) is 0 Å². The lowest BCUT2D eigenvalue weighted by Gasteiger charge is -2.25. The zero-order valence-corrected chi connectivity index (χ0v) is 11.1. The van der Waals surface area contributed by atoms with E-state index < -0.39 is 5.54 Å². The van der Waals surface area contributed by atoms with Crippen LogP contribution in [0.5, 0.6) is 0 Å². The highest BCUT2D eigenvalue weighted by atomic mass is 15.1. The summed E-state index contributed by atoms with van der Waals surface area (Å²) in [4.78, 5) is 3.94. The van der Waals surface area contributed by atoms with E-state index in [-0.39, 0.29) is 6.04 Å². The summed E-state index contributed by atoms with van der Waals surface area (Å²) in [6, 6.07) is 4.63. The van der Waals surface area contributed by atoms with E-state index in [1.54, 1.807) is 12.4 Å². The molecule has 0 aliphatic carbocycles. The minimum atomic E-state index is -0.512. The van der Waals surface area contributed by atoms with Crippen LogP contribution in [0.2, 0.25) is 0 Å². The SMILES string of the molecule is CC(C)NC(C)(C#N)CCCn1ccnc1C#N. The first-order valence-electron chi connectivity index (χ1n) is 6.11. The number of aryl methyl sites for hydroxylation is 1. The number of nitriles is 2. The lowest BCUT2D eigenvalue weighted by Crippen LogP contribution is -2.45. The standard InChI is InChI=1S/C13H19N5/c1-11(2)17-13(3,10-15)5-4-7-18-8-6-16-12(18)9-14/h6,8,11,17H,4-5,7H2,1-3H3. The van der Waals surface area contributed by atoms with Crippen molar-refractivity contribution in [3.63, 3.8) is 0 Å². The van der Waals surface area contributed by atoms with Gasteiger partial charge in [-0.25, -0.2) is 4.98 Å². The average molecular weight is 245 g/mol. The Labute approximate surface area is 108 Å². The van der Waals surface area contributed by atoms with Gasteiger partial charge in [-0.05, 0) is 33.6 Å². The van der Waals surface area contributed by atoms with Gasteiger partial charge in [-0.15, -0.1) is 0 Å². The molecule has 0 spiro atoms. The molecule has 0 amide bonds. The Morgan fingerprint density at radius 1 is 1.50 bits per heavy atom. The van der Waals surface area contributed by atoms with Crippen molar-refractivity contribution in [1.29, 1.82) is 10.5 Å². The second kappa shape index (κ2) is 6.18. The molecule has 1 heterocycles. The highest BCUT2D eigenvalue weighted by Gasteiger charge is 2.23. The smallest absolute Gasteiger partial charge is 0.212 e. The first-order chi connectivity index (χ1) is 8.50. The molecule has 1 atom stereocenters. The lowest BCUT2D eigenvalue weighted by molar-refractivity contribution is 0.364. The molecule has 0 aromatic carbocycles. The van der Waals surface area contributed by atoms with Crippen molar-refractivity contribution in [2.45, 2.75) is 51.7 Å². The number of imidazole rings is 1. The third-order valence-corrected chi connectivity index (χ3v) is 2.75. The zero-order valence-electron chi connectivity index (χ0n) is 11.1. The molecule has 0 aliphatic heterocycles. The van der Waals surface area contributed by atoms with Gasteiger partial charge in [0, 0.05) is 25.0 Å². The van der Waals surface area contributed by atoms with Gasteiger partial charge >= 0.3 is 0 Å². The van der Waals surface area contributed by atoms with Gasteiger partial charge in [-0.3, -0.25) is 5.32 Å². The number of hydrogen-bond donors (Lipinski definition) is 1. The molecule has 1 rings (SSSR count). The van der Waals surface area contributed by atoms with Gasteiger partial charge in [0.15, 0.2) is 0 Å². The molecule has 0 radical (unpaired) electrons. The molecule has 0 fully saturated rings. The van der Waals surface area contributed by atoms with Crippen LogP contribution >= 0.6 is 0 Å². The minimum absolute atomic E-state index is 0.276. The van der Waals surface area contributed by atoms with Crippen LogP contribution in [0.25, 0.3) is 0 Å². The molecular weight excluding hydrogens is 226 g/mol. The monoisotopic (exact) mass is 245 g/mol. The molecule has 5 nitrogen and oxygen atoms in total. The van der Waals surface area contributed by atoms with Crippen LogP contribution in [0.15, 0.2) is 12.4 Å². The Hall–Kier alpha value is -1.85. The molecule has 0 aliphatic rings. The topological polar surface area (TPSA) is 77.4 Å². The Morgan fingerprint density at radius 3 is 2.78 bits per heavy atom. The molecule has 1 N–H and O–H groups in total. The van der Waals surface area contributed by atoms with E-state index in [2.05, 4.69) is 16.4 Å². The number of hydrogen-bond acceptors (Lipinski definition) is 4. The molecule has 1 aromatic rings. The maximum Gasteiger partial charge on any atom is 0.212 e. The molecule has 18 heavy (non-hydrogen) atoms. The van der Waals surface area contributed by atoms with E-state index in [1.807, 2.05) is 31.4 Å². The van der Waals surface area contributed by atoms with Gasteiger partial charge in [-0.1, -0.05) is 0 Å². The van der Waals surface area contributed by atoms with E-state index in [9.17, 15) is 5.26 Å². The first kappa shape index (κ1) is 14.2. The molecular formula is C13H19N5. The molecule has 0 saturated heterocycles. The fourth-order valence-corrected chi connectivity index (χ4v) is 2.00. The second-order valence-corrected chi connectivity index (χ2v) is 4.90. The quantitative estimate of drug-likeness (QED) is 0.829. The van der Waals surface area contributed by atoms with Gasteiger partial charge in [0.1, 0.15) is 11.6 Å². The van der Waals surface area contributed by atoms with Crippen molar-refractivity contribution < 1.29 is 0 Å². The van der Waals surface area contributed by atoms with Crippen LogP contribution in [0.4, 0.5) is 0 Å². The molecule has 1 unspecified atom stereocenters. The second-order valence-electron chi connectivity index (χ2n) is 4.90. The number of rotatable bonds is 6. The maximum absolute atomic E-state index is 9.21.